The fourth-order valence-corrected chi connectivity index (χ4v) is 11.2. The molecular weight excluding hydrogens is 628 g/mol. The Kier molecular flexibility index (Phi) is 16.1. The van der Waals surface area contributed by atoms with E-state index in [1.807, 2.05) is 0 Å². The van der Waals surface area contributed by atoms with E-state index >= 15 is 0 Å². The summed E-state index contributed by atoms with van der Waals surface area (Å²) in [6.07, 6.45) is 13.3. The number of hydrogen-bond donors (Lipinski definition) is 0. The summed E-state index contributed by atoms with van der Waals surface area (Å²) in [6.45, 7) is 2.52. The fraction of sp³-hybridized carbons (Fsp3) is 0.302. The lowest BCUT2D eigenvalue weighted by Crippen LogP contribution is -2.32. The Balaban J connectivity index is 0.000000221. The molecule has 0 N–H and O–H groups in total. The van der Waals surface area contributed by atoms with Crippen LogP contribution in [0.4, 0.5) is 0 Å². The van der Waals surface area contributed by atoms with Gasteiger partial charge in [0.15, 0.2) is 0 Å². The number of unbranched alkanes of at least 4 members (excludes halogenated alkanes) is 9. The van der Waals surface area contributed by atoms with Crippen LogP contribution in [0.15, 0.2) is 157 Å². The maximum absolute atomic E-state index is 11.9. The molecule has 0 fully saturated rings. The van der Waals surface area contributed by atoms with Crippen LogP contribution in [0.25, 0.3) is 0 Å². The summed E-state index contributed by atoms with van der Waals surface area (Å²) >= 11 is 0. The highest BCUT2D eigenvalue weighted by Gasteiger charge is 2.45. The van der Waals surface area contributed by atoms with Crippen molar-refractivity contribution in [1.29, 1.82) is 0 Å². The summed E-state index contributed by atoms with van der Waals surface area (Å²) in [5, 5.41) is 4.30. The van der Waals surface area contributed by atoms with E-state index in [9.17, 15) is 8.42 Å². The van der Waals surface area contributed by atoms with E-state index in [1.54, 1.807) is 30.3 Å². The predicted octanol–water partition coefficient (Wildman–Crippen LogP) is 10.5. The zero-order valence-electron chi connectivity index (χ0n) is 28.5. The van der Waals surface area contributed by atoms with Crippen molar-refractivity contribution in [3.63, 3.8) is 0 Å². The Bertz CT molecular complexity index is 1550. The van der Waals surface area contributed by atoms with Gasteiger partial charge in [-0.2, -0.15) is 8.42 Å². The van der Waals surface area contributed by atoms with Crippen molar-refractivity contribution < 1.29 is 12.6 Å². The van der Waals surface area contributed by atoms with Gasteiger partial charge in [-0.25, -0.2) is 0 Å². The molecule has 0 radical (unpaired) electrons. The van der Waals surface area contributed by atoms with Gasteiger partial charge in [-0.3, -0.25) is 4.18 Å². The molecule has 0 amide bonds. The topological polar surface area (TPSA) is 43.4 Å². The molecule has 0 bridgehead atoms. The van der Waals surface area contributed by atoms with Gasteiger partial charge < -0.3 is 0 Å². The third-order valence-electron chi connectivity index (χ3n) is 8.62. The van der Waals surface area contributed by atoms with Crippen molar-refractivity contribution in [1.82, 2.24) is 0 Å². The van der Waals surface area contributed by atoms with Crippen LogP contribution in [0.2, 0.25) is 0 Å². The first-order valence-corrected chi connectivity index (χ1v) is 21.0. The highest BCUT2D eigenvalue weighted by Crippen LogP contribution is 2.58. The molecule has 3 nitrogen and oxygen atoms in total. The van der Waals surface area contributed by atoms with Gasteiger partial charge in [0, 0.05) is 0 Å². The molecule has 0 unspecified atom stereocenters. The van der Waals surface area contributed by atoms with Crippen LogP contribution in [-0.2, 0) is 20.5 Å². The lowest BCUT2D eigenvalue weighted by molar-refractivity contribution is 0.306. The monoisotopic (exact) mass is 679 g/mol. The number of rotatable bonds is 18. The van der Waals surface area contributed by atoms with Crippen molar-refractivity contribution in [2.24, 2.45) is 0 Å². The summed E-state index contributed by atoms with van der Waals surface area (Å²) in [7, 11) is -5.35. The van der Waals surface area contributed by atoms with E-state index in [4.69, 9.17) is 4.18 Å². The first-order chi connectivity index (χ1) is 23.6. The summed E-state index contributed by atoms with van der Waals surface area (Å²) in [6, 6.07) is 52.4. The standard InChI is InChI=1S/C25H22P.C18H30O3S/c1-5-13-22(14-6-1)21-26(23-15-7-2-8-16-23,24-17-9-3-10-18-24)25-19-11-4-12-20-25;1-2-3-4-5-6-7-8-9-10-14-17-21-22(19,20)18-15-12-11-13-16-18/h1-20H,21H2;11-13,15-16H,2-10,14,17H2,1H3/q+1;. The van der Waals surface area contributed by atoms with E-state index < -0.39 is 17.4 Å². The molecule has 0 aliphatic rings. The average Bonchev–Trinajstić information content (AvgIpc) is 3.15. The third kappa shape index (κ3) is 11.5. The predicted molar refractivity (Wildman–Crippen MR) is 207 cm³/mol. The molecule has 48 heavy (non-hydrogen) atoms. The maximum atomic E-state index is 11.9. The van der Waals surface area contributed by atoms with E-state index in [0.29, 0.717) is 0 Å². The van der Waals surface area contributed by atoms with Gasteiger partial charge in [-0.15, -0.1) is 0 Å². The summed E-state index contributed by atoms with van der Waals surface area (Å²) < 4.78 is 28.8. The van der Waals surface area contributed by atoms with Crippen molar-refractivity contribution in [2.75, 3.05) is 6.61 Å². The lowest BCUT2D eigenvalue weighted by Gasteiger charge is -2.27. The molecule has 0 heterocycles. The molecule has 0 atom stereocenters. The molecule has 5 heteroatoms. The number of hydrogen-bond acceptors (Lipinski definition) is 3. The van der Waals surface area contributed by atoms with Crippen molar-refractivity contribution in [2.45, 2.75) is 82.2 Å². The van der Waals surface area contributed by atoms with Gasteiger partial charge in [-0.1, -0.05) is 168 Å². The minimum Gasteiger partial charge on any atom is -0.266 e. The SMILES string of the molecule is CCCCCCCCCCCCOS(=O)(=O)c1ccccc1.c1ccc(C[P+](c2ccccc2)(c2ccccc2)c2ccccc2)cc1. The first-order valence-electron chi connectivity index (χ1n) is 17.6. The Hall–Kier alpha value is -3.56. The average molecular weight is 680 g/mol. The largest absolute Gasteiger partial charge is 0.296 e. The van der Waals surface area contributed by atoms with Crippen LogP contribution >= 0.6 is 7.26 Å². The van der Waals surface area contributed by atoms with Gasteiger partial charge in [0.05, 0.1) is 17.7 Å². The molecule has 0 aliphatic heterocycles. The number of benzene rings is 5. The Morgan fingerprint density at radius 1 is 0.458 bits per heavy atom. The molecule has 0 spiro atoms. The molecule has 252 valence electrons. The minimum absolute atomic E-state index is 0.238. The zero-order chi connectivity index (χ0) is 33.8. The van der Waals surface area contributed by atoms with E-state index in [0.717, 1.165) is 19.0 Å². The van der Waals surface area contributed by atoms with Crippen LogP contribution in [0.3, 0.4) is 0 Å². The summed E-state index contributed by atoms with van der Waals surface area (Å²) in [5.74, 6) is 0. The second-order valence-electron chi connectivity index (χ2n) is 12.2. The third-order valence-corrected chi connectivity index (χ3v) is 14.3. The lowest BCUT2D eigenvalue weighted by atomic mass is 10.1. The molecule has 5 aromatic carbocycles. The quantitative estimate of drug-likeness (QED) is 0.0526. The zero-order valence-corrected chi connectivity index (χ0v) is 30.2. The fourth-order valence-electron chi connectivity index (χ4n) is 6.04. The van der Waals surface area contributed by atoms with Crippen LogP contribution in [0.5, 0.6) is 0 Å². The molecule has 0 saturated carbocycles. The second-order valence-corrected chi connectivity index (χ2v) is 17.3. The Morgan fingerprint density at radius 2 is 0.812 bits per heavy atom. The molecule has 0 saturated heterocycles. The Labute approximate surface area is 290 Å². The summed E-state index contributed by atoms with van der Waals surface area (Å²) in [4.78, 5) is 0.238. The summed E-state index contributed by atoms with van der Waals surface area (Å²) in [5.41, 5.74) is 1.39. The van der Waals surface area contributed by atoms with Gasteiger partial charge in [0.1, 0.15) is 23.2 Å². The van der Waals surface area contributed by atoms with Crippen LogP contribution in [0, 0.1) is 0 Å². The molecule has 0 aliphatic carbocycles. The highest BCUT2D eigenvalue weighted by atomic mass is 32.2. The van der Waals surface area contributed by atoms with Crippen LogP contribution < -0.4 is 15.9 Å². The molecule has 5 aromatic rings. The normalized spacial score (nSPS) is 11.4. The second kappa shape index (κ2) is 20.7. The van der Waals surface area contributed by atoms with Crippen molar-refractivity contribution in [3.05, 3.63) is 157 Å². The van der Waals surface area contributed by atoms with Gasteiger partial charge >= 0.3 is 0 Å². The van der Waals surface area contributed by atoms with Crippen molar-refractivity contribution >= 4 is 33.3 Å². The molecule has 5 rings (SSSR count). The highest BCUT2D eigenvalue weighted by molar-refractivity contribution is 7.95. The van der Waals surface area contributed by atoms with Crippen molar-refractivity contribution in [3.8, 4) is 0 Å². The first kappa shape index (κ1) is 37.3. The molecular formula is C43H52O3PS+. The molecule has 0 aromatic heterocycles. The van der Waals surface area contributed by atoms with Crippen LogP contribution in [0.1, 0.15) is 76.7 Å². The smallest absolute Gasteiger partial charge is 0.266 e. The van der Waals surface area contributed by atoms with Gasteiger partial charge in [-0.05, 0) is 60.5 Å². The van der Waals surface area contributed by atoms with Gasteiger partial charge in [0.25, 0.3) is 10.1 Å². The van der Waals surface area contributed by atoms with E-state index in [1.165, 1.54) is 72.8 Å². The Morgan fingerprint density at radius 3 is 1.23 bits per heavy atom. The maximum Gasteiger partial charge on any atom is 0.296 e. The van der Waals surface area contributed by atoms with E-state index in [-0.39, 0.29) is 11.5 Å². The van der Waals surface area contributed by atoms with Crippen LogP contribution in [-0.4, -0.2) is 15.0 Å². The van der Waals surface area contributed by atoms with Gasteiger partial charge in [0.2, 0.25) is 0 Å². The van der Waals surface area contributed by atoms with E-state index in [2.05, 4.69) is 128 Å². The minimum atomic E-state index is -3.57.